The third kappa shape index (κ3) is 3.13. The minimum Gasteiger partial charge on any atom is -0.208 e. The molecule has 1 aliphatic rings. The van der Waals surface area contributed by atoms with Crippen molar-refractivity contribution in [3.8, 4) is 0 Å². The van der Waals surface area contributed by atoms with Gasteiger partial charge in [-0.2, -0.15) is 0 Å². The van der Waals surface area contributed by atoms with Gasteiger partial charge < -0.3 is 0 Å². The average Bonchev–Trinajstić information content (AvgIpc) is 2.26. The van der Waals surface area contributed by atoms with E-state index < -0.39 is 10.0 Å². The lowest BCUT2D eigenvalue weighted by Gasteiger charge is -2.31. The van der Waals surface area contributed by atoms with Gasteiger partial charge in [-0.3, -0.25) is 0 Å². The summed E-state index contributed by atoms with van der Waals surface area (Å²) in [7, 11) is -3.37. The Hall–Kier alpha value is -0.390. The van der Waals surface area contributed by atoms with Crippen molar-refractivity contribution in [2.24, 2.45) is 5.92 Å². The van der Waals surface area contributed by atoms with Gasteiger partial charge in [0.05, 0.1) is 4.90 Å². The van der Waals surface area contributed by atoms with Crippen LogP contribution in [0.3, 0.4) is 0 Å². The van der Waals surface area contributed by atoms with Gasteiger partial charge in [-0.05, 0) is 43.4 Å². The molecule has 3 nitrogen and oxygen atoms in total. The summed E-state index contributed by atoms with van der Waals surface area (Å²) >= 11 is 3.34. The Kier molecular flexibility index (Phi) is 4.45. The molecule has 0 saturated heterocycles. The number of rotatable bonds is 5. The lowest BCUT2D eigenvalue weighted by molar-refractivity contribution is 0.260. The topological polar surface area (TPSA) is 46.2 Å². The molecule has 0 aliphatic heterocycles. The molecule has 0 radical (unpaired) electrons. The molecule has 1 aromatic carbocycles. The largest absolute Gasteiger partial charge is 0.240 e. The summed E-state index contributed by atoms with van der Waals surface area (Å²) in [4.78, 5) is 0.346. The zero-order valence-electron chi connectivity index (χ0n) is 10.4. The number of hydrogen-bond donors (Lipinski definition) is 1. The first kappa shape index (κ1) is 14.0. The molecular weight excluding hydrogens is 314 g/mol. The van der Waals surface area contributed by atoms with Crippen molar-refractivity contribution < 1.29 is 8.42 Å². The quantitative estimate of drug-likeness (QED) is 0.843. The van der Waals surface area contributed by atoms with Gasteiger partial charge in [-0.1, -0.05) is 34.5 Å². The Labute approximate surface area is 117 Å². The molecule has 0 aromatic heterocycles. The minimum absolute atomic E-state index is 0.0274. The van der Waals surface area contributed by atoms with Crippen molar-refractivity contribution in [1.82, 2.24) is 4.72 Å². The van der Waals surface area contributed by atoms with Gasteiger partial charge in [-0.15, -0.1) is 0 Å². The monoisotopic (exact) mass is 331 g/mol. The second kappa shape index (κ2) is 5.72. The van der Waals surface area contributed by atoms with E-state index in [0.29, 0.717) is 10.8 Å². The van der Waals surface area contributed by atoms with Crippen LogP contribution in [0.4, 0.5) is 0 Å². The van der Waals surface area contributed by atoms with E-state index in [2.05, 4.69) is 20.7 Å². The van der Waals surface area contributed by atoms with E-state index in [9.17, 15) is 8.42 Å². The van der Waals surface area contributed by atoms with Crippen molar-refractivity contribution >= 4 is 26.0 Å². The van der Waals surface area contributed by atoms with Crippen LogP contribution in [0.15, 0.2) is 29.2 Å². The van der Waals surface area contributed by atoms with Crippen LogP contribution in [-0.4, -0.2) is 14.5 Å². The second-order valence-electron chi connectivity index (χ2n) is 4.88. The molecule has 100 valence electrons. The number of benzene rings is 1. The summed E-state index contributed by atoms with van der Waals surface area (Å²) in [6.45, 7) is 1.95. The molecule has 0 bridgehead atoms. The highest BCUT2D eigenvalue weighted by Crippen LogP contribution is 2.30. The molecule has 5 heteroatoms. The first-order chi connectivity index (χ1) is 8.53. The molecule has 1 N–H and O–H groups in total. The van der Waals surface area contributed by atoms with Crippen LogP contribution in [0.5, 0.6) is 0 Å². The molecular formula is C13H18BrNO2S. The Morgan fingerprint density at radius 2 is 1.94 bits per heavy atom. The number of nitrogens with one attached hydrogen (secondary N) is 1. The Morgan fingerprint density at radius 1 is 1.33 bits per heavy atom. The van der Waals surface area contributed by atoms with Crippen LogP contribution >= 0.6 is 15.9 Å². The van der Waals surface area contributed by atoms with Crippen molar-refractivity contribution in [1.29, 1.82) is 0 Å². The fraction of sp³-hybridized carbons (Fsp3) is 0.538. The summed E-state index contributed by atoms with van der Waals surface area (Å²) in [5.74, 6) is 0.501. The molecule has 2 rings (SSSR count). The molecule has 0 spiro atoms. The fourth-order valence-electron chi connectivity index (χ4n) is 2.11. The van der Waals surface area contributed by atoms with E-state index >= 15 is 0 Å². The standard InChI is InChI=1S/C13H18BrNO2S/c1-10(12-3-2-4-12)15-18(16,17)13-7-5-11(9-14)6-8-13/h5-8,10,12,15H,2-4,9H2,1H3. The Balaban J connectivity index is 2.08. The Bertz CT molecular complexity index is 494. The van der Waals surface area contributed by atoms with Crippen molar-refractivity contribution in [2.45, 2.75) is 42.5 Å². The van der Waals surface area contributed by atoms with Crippen LogP contribution in [-0.2, 0) is 15.4 Å². The van der Waals surface area contributed by atoms with Crippen LogP contribution in [0.1, 0.15) is 31.7 Å². The van der Waals surface area contributed by atoms with Crippen molar-refractivity contribution in [3.63, 3.8) is 0 Å². The second-order valence-corrected chi connectivity index (χ2v) is 7.15. The van der Waals surface area contributed by atoms with E-state index in [4.69, 9.17) is 0 Å². The lowest BCUT2D eigenvalue weighted by atomic mass is 9.81. The Morgan fingerprint density at radius 3 is 2.39 bits per heavy atom. The maximum atomic E-state index is 12.2. The van der Waals surface area contributed by atoms with E-state index in [1.807, 2.05) is 19.1 Å². The highest BCUT2D eigenvalue weighted by Gasteiger charge is 2.27. The molecule has 1 fully saturated rings. The summed E-state index contributed by atoms with van der Waals surface area (Å²) < 4.78 is 27.1. The molecule has 0 amide bonds. The average molecular weight is 332 g/mol. The fourth-order valence-corrected chi connectivity index (χ4v) is 3.79. The number of alkyl halides is 1. The molecule has 1 aromatic rings. The zero-order valence-corrected chi connectivity index (χ0v) is 12.8. The first-order valence-electron chi connectivity index (χ1n) is 6.20. The van der Waals surface area contributed by atoms with Crippen molar-refractivity contribution in [3.05, 3.63) is 29.8 Å². The molecule has 0 heterocycles. The minimum atomic E-state index is -3.37. The highest BCUT2D eigenvalue weighted by atomic mass is 79.9. The van der Waals surface area contributed by atoms with Crippen LogP contribution in [0.2, 0.25) is 0 Å². The number of halogens is 1. The van der Waals surface area contributed by atoms with E-state index in [1.165, 1.54) is 6.42 Å². The third-order valence-electron chi connectivity index (χ3n) is 3.59. The molecule has 1 unspecified atom stereocenters. The van der Waals surface area contributed by atoms with Gasteiger partial charge >= 0.3 is 0 Å². The smallest absolute Gasteiger partial charge is 0.208 e. The maximum absolute atomic E-state index is 12.2. The predicted molar refractivity (Wildman–Crippen MR) is 76.2 cm³/mol. The van der Waals surface area contributed by atoms with Gasteiger partial charge in [0.25, 0.3) is 0 Å². The van der Waals surface area contributed by atoms with Crippen LogP contribution in [0, 0.1) is 5.92 Å². The lowest BCUT2D eigenvalue weighted by Crippen LogP contribution is -2.40. The van der Waals surface area contributed by atoms with Crippen LogP contribution in [0.25, 0.3) is 0 Å². The summed E-state index contributed by atoms with van der Waals surface area (Å²) in [6, 6.07) is 7.01. The first-order valence-corrected chi connectivity index (χ1v) is 8.80. The van der Waals surface area contributed by atoms with Gasteiger partial charge in [-0.25, -0.2) is 13.1 Å². The van der Waals surface area contributed by atoms with Gasteiger partial charge in [0.2, 0.25) is 10.0 Å². The van der Waals surface area contributed by atoms with Gasteiger partial charge in [0.15, 0.2) is 0 Å². The van der Waals surface area contributed by atoms with Crippen LogP contribution < -0.4 is 4.72 Å². The van der Waals surface area contributed by atoms with E-state index in [-0.39, 0.29) is 6.04 Å². The molecule has 1 saturated carbocycles. The molecule has 1 atom stereocenters. The summed E-state index contributed by atoms with van der Waals surface area (Å²) in [6.07, 6.45) is 3.48. The highest BCUT2D eigenvalue weighted by molar-refractivity contribution is 9.08. The molecule has 1 aliphatic carbocycles. The maximum Gasteiger partial charge on any atom is 0.240 e. The summed E-state index contributed by atoms with van der Waals surface area (Å²) in [5, 5.41) is 0.735. The SMILES string of the molecule is CC(NS(=O)(=O)c1ccc(CBr)cc1)C1CCC1. The number of hydrogen-bond acceptors (Lipinski definition) is 2. The number of sulfonamides is 1. The van der Waals surface area contributed by atoms with E-state index in [0.717, 1.165) is 23.7 Å². The summed E-state index contributed by atoms with van der Waals surface area (Å²) in [5.41, 5.74) is 1.07. The van der Waals surface area contributed by atoms with Gasteiger partial charge in [0.1, 0.15) is 0 Å². The normalized spacial score (nSPS) is 18.3. The van der Waals surface area contributed by atoms with Crippen molar-refractivity contribution in [2.75, 3.05) is 0 Å². The van der Waals surface area contributed by atoms with Gasteiger partial charge in [0, 0.05) is 11.4 Å². The molecule has 18 heavy (non-hydrogen) atoms. The van der Waals surface area contributed by atoms with E-state index in [1.54, 1.807) is 12.1 Å². The third-order valence-corrected chi connectivity index (χ3v) is 5.81. The predicted octanol–water partition coefficient (Wildman–Crippen LogP) is 3.05. The zero-order chi connectivity index (χ0) is 13.2.